The summed E-state index contributed by atoms with van der Waals surface area (Å²) in [6.45, 7) is 1.85. The Bertz CT molecular complexity index is 1310. The number of rotatable bonds is 7. The van der Waals surface area contributed by atoms with Gasteiger partial charge in [0, 0.05) is 29.9 Å². The van der Waals surface area contributed by atoms with E-state index >= 15 is 0 Å². The maximum atomic E-state index is 13.7. The summed E-state index contributed by atoms with van der Waals surface area (Å²) >= 11 is 0. The van der Waals surface area contributed by atoms with Gasteiger partial charge in [0.2, 0.25) is 5.91 Å². The van der Waals surface area contributed by atoms with E-state index in [-0.39, 0.29) is 18.5 Å². The summed E-state index contributed by atoms with van der Waals surface area (Å²) in [6, 6.07) is 13.5. The van der Waals surface area contributed by atoms with Crippen LogP contribution >= 0.6 is 0 Å². The number of aromatic nitrogens is 1. The number of amides is 3. The van der Waals surface area contributed by atoms with Gasteiger partial charge >= 0.3 is 0 Å². The van der Waals surface area contributed by atoms with Gasteiger partial charge in [0.1, 0.15) is 17.5 Å². The number of fused-ring (bicyclic) bond motifs is 2. The fourth-order valence-electron chi connectivity index (χ4n) is 4.69. The SMILES string of the molecule is COc1cccc2[nH]c(C(=O)N3Cc4ccccc4C[C@H]3C(=O)NC(C)C(O)C(=O)NC3CC3)cc12. The molecule has 9 heteroatoms. The molecule has 3 atom stereocenters. The van der Waals surface area contributed by atoms with E-state index in [0.717, 1.165) is 34.9 Å². The molecule has 1 aromatic heterocycles. The summed E-state index contributed by atoms with van der Waals surface area (Å²) in [6.07, 6.45) is 0.749. The number of hydrogen-bond donors (Lipinski definition) is 4. The number of aliphatic hydroxyl groups excluding tert-OH is 1. The lowest BCUT2D eigenvalue weighted by molar-refractivity contribution is -0.133. The van der Waals surface area contributed by atoms with E-state index in [1.807, 2.05) is 42.5 Å². The van der Waals surface area contributed by atoms with Gasteiger partial charge in [-0.25, -0.2) is 0 Å². The second kappa shape index (κ2) is 9.66. The Kier molecular flexibility index (Phi) is 6.40. The molecular weight excluding hydrogens is 460 g/mol. The van der Waals surface area contributed by atoms with Crippen LogP contribution < -0.4 is 15.4 Å². The lowest BCUT2D eigenvalue weighted by Gasteiger charge is -2.36. The molecule has 188 valence electrons. The summed E-state index contributed by atoms with van der Waals surface area (Å²) in [5.41, 5.74) is 3.07. The van der Waals surface area contributed by atoms with Crippen LogP contribution in [0.4, 0.5) is 0 Å². The number of carbonyl (C=O) groups excluding carboxylic acids is 3. The zero-order chi connectivity index (χ0) is 25.4. The minimum absolute atomic E-state index is 0.105. The number of carbonyl (C=O) groups is 3. The van der Waals surface area contributed by atoms with Crippen molar-refractivity contribution in [3.8, 4) is 5.75 Å². The van der Waals surface area contributed by atoms with Crippen LogP contribution in [0.2, 0.25) is 0 Å². The zero-order valence-corrected chi connectivity index (χ0v) is 20.3. The third kappa shape index (κ3) is 4.66. The minimum Gasteiger partial charge on any atom is -0.496 e. The molecule has 0 spiro atoms. The smallest absolute Gasteiger partial charge is 0.271 e. The number of ether oxygens (including phenoxy) is 1. The first-order chi connectivity index (χ1) is 17.4. The van der Waals surface area contributed by atoms with Gasteiger partial charge < -0.3 is 30.4 Å². The van der Waals surface area contributed by atoms with Crippen molar-refractivity contribution >= 4 is 28.6 Å². The van der Waals surface area contributed by atoms with E-state index in [0.29, 0.717) is 17.9 Å². The van der Waals surface area contributed by atoms with Crippen molar-refractivity contribution < 1.29 is 24.2 Å². The van der Waals surface area contributed by atoms with Gasteiger partial charge in [0.05, 0.1) is 13.2 Å². The Morgan fingerprint density at radius 2 is 1.86 bits per heavy atom. The summed E-state index contributed by atoms with van der Waals surface area (Å²) < 4.78 is 5.42. The van der Waals surface area contributed by atoms with E-state index in [4.69, 9.17) is 4.74 Å². The zero-order valence-electron chi connectivity index (χ0n) is 20.3. The minimum atomic E-state index is -1.38. The van der Waals surface area contributed by atoms with Gasteiger partial charge in [0.15, 0.2) is 6.10 Å². The monoisotopic (exact) mass is 490 g/mol. The molecule has 36 heavy (non-hydrogen) atoms. The molecule has 1 fully saturated rings. The van der Waals surface area contributed by atoms with Crippen LogP contribution in [0.1, 0.15) is 41.4 Å². The lowest BCUT2D eigenvalue weighted by Crippen LogP contribution is -2.57. The van der Waals surface area contributed by atoms with E-state index in [2.05, 4.69) is 15.6 Å². The Hall–Kier alpha value is -3.85. The number of aliphatic hydroxyl groups is 1. The summed E-state index contributed by atoms with van der Waals surface area (Å²) in [5.74, 6) is -0.590. The van der Waals surface area contributed by atoms with Gasteiger partial charge in [-0.05, 0) is 49.1 Å². The average Bonchev–Trinajstić information content (AvgIpc) is 3.60. The van der Waals surface area contributed by atoms with Crippen molar-refractivity contribution in [1.82, 2.24) is 20.5 Å². The van der Waals surface area contributed by atoms with Crippen molar-refractivity contribution in [2.24, 2.45) is 0 Å². The molecule has 2 unspecified atom stereocenters. The molecule has 9 nitrogen and oxygen atoms in total. The molecule has 0 radical (unpaired) electrons. The number of nitrogens with zero attached hydrogens (tertiary/aromatic N) is 1. The highest BCUT2D eigenvalue weighted by molar-refractivity contribution is 6.01. The molecule has 1 saturated carbocycles. The second-order valence-corrected chi connectivity index (χ2v) is 9.55. The molecule has 2 aromatic carbocycles. The number of methoxy groups -OCH3 is 1. The molecule has 3 amide bonds. The predicted octanol–water partition coefficient (Wildman–Crippen LogP) is 1.89. The van der Waals surface area contributed by atoms with E-state index in [1.54, 1.807) is 20.1 Å². The Morgan fingerprint density at radius 3 is 2.58 bits per heavy atom. The second-order valence-electron chi connectivity index (χ2n) is 9.55. The van der Waals surface area contributed by atoms with Crippen molar-refractivity contribution in [3.63, 3.8) is 0 Å². The fraction of sp³-hybridized carbons (Fsp3) is 0.370. The lowest BCUT2D eigenvalue weighted by atomic mass is 9.93. The average molecular weight is 491 g/mol. The van der Waals surface area contributed by atoms with Gasteiger partial charge in [-0.15, -0.1) is 0 Å². The summed E-state index contributed by atoms with van der Waals surface area (Å²) in [5, 5.41) is 16.7. The number of aromatic amines is 1. The number of H-pyrrole nitrogens is 1. The standard InChI is InChI=1S/C27H30N4O5/c1-15(24(32)26(34)29-18-10-11-18)28-25(33)22-12-16-6-3-4-7-17(16)14-31(22)27(35)21-13-19-20(30-21)8-5-9-23(19)36-2/h3-9,13,15,18,22,24,30,32H,10-12,14H2,1-2H3,(H,28,33)(H,29,34)/t15?,22-,24?/m0/s1. The van der Waals surface area contributed by atoms with E-state index in [9.17, 15) is 19.5 Å². The molecule has 3 aromatic rings. The Balaban J connectivity index is 1.39. The van der Waals surface area contributed by atoms with E-state index < -0.39 is 30.0 Å². The maximum absolute atomic E-state index is 13.7. The maximum Gasteiger partial charge on any atom is 0.271 e. The molecule has 1 aliphatic carbocycles. The third-order valence-corrected chi connectivity index (χ3v) is 6.92. The Morgan fingerprint density at radius 1 is 1.11 bits per heavy atom. The van der Waals surface area contributed by atoms with E-state index in [1.165, 1.54) is 4.90 Å². The molecule has 5 rings (SSSR count). The van der Waals surface area contributed by atoms with Crippen LogP contribution in [0.25, 0.3) is 10.9 Å². The van der Waals surface area contributed by atoms with Crippen LogP contribution in [-0.2, 0) is 22.6 Å². The van der Waals surface area contributed by atoms with Gasteiger partial charge in [-0.2, -0.15) is 0 Å². The van der Waals surface area contributed by atoms with Crippen LogP contribution in [0.3, 0.4) is 0 Å². The van der Waals surface area contributed by atoms with Crippen molar-refractivity contribution in [2.45, 2.75) is 57.0 Å². The molecular formula is C27H30N4O5. The predicted molar refractivity (Wildman–Crippen MR) is 133 cm³/mol. The van der Waals surface area contributed by atoms with Crippen molar-refractivity contribution in [1.29, 1.82) is 0 Å². The highest BCUT2D eigenvalue weighted by Gasteiger charge is 2.37. The van der Waals surface area contributed by atoms with Crippen molar-refractivity contribution in [2.75, 3.05) is 7.11 Å². The van der Waals surface area contributed by atoms with Crippen molar-refractivity contribution in [3.05, 3.63) is 65.4 Å². The first kappa shape index (κ1) is 23.9. The highest BCUT2D eigenvalue weighted by atomic mass is 16.5. The molecule has 4 N–H and O–H groups in total. The Labute approximate surface area is 208 Å². The molecule has 1 aliphatic heterocycles. The van der Waals surface area contributed by atoms with Gasteiger partial charge in [-0.3, -0.25) is 14.4 Å². The quantitative estimate of drug-likeness (QED) is 0.403. The molecule has 2 heterocycles. The van der Waals surface area contributed by atoms with Crippen LogP contribution in [0.15, 0.2) is 48.5 Å². The first-order valence-corrected chi connectivity index (χ1v) is 12.2. The van der Waals surface area contributed by atoms with Gasteiger partial charge in [0.25, 0.3) is 11.8 Å². The van der Waals surface area contributed by atoms with Gasteiger partial charge in [-0.1, -0.05) is 30.3 Å². The number of benzene rings is 2. The molecule has 0 bridgehead atoms. The summed E-state index contributed by atoms with van der Waals surface area (Å²) in [4.78, 5) is 44.1. The topological polar surface area (TPSA) is 124 Å². The fourth-order valence-corrected chi connectivity index (χ4v) is 4.69. The van der Waals surface area contributed by atoms with Crippen LogP contribution in [0, 0.1) is 0 Å². The molecule has 2 aliphatic rings. The molecule has 0 saturated heterocycles. The van der Waals surface area contributed by atoms with Crippen LogP contribution in [0.5, 0.6) is 5.75 Å². The largest absolute Gasteiger partial charge is 0.496 e. The number of hydrogen-bond acceptors (Lipinski definition) is 5. The highest BCUT2D eigenvalue weighted by Crippen LogP contribution is 2.29. The normalized spacial score (nSPS) is 18.8. The number of nitrogens with one attached hydrogen (secondary N) is 3. The summed E-state index contributed by atoms with van der Waals surface area (Å²) in [7, 11) is 1.58. The first-order valence-electron chi connectivity index (χ1n) is 12.2. The third-order valence-electron chi connectivity index (χ3n) is 6.92. The van der Waals surface area contributed by atoms with Crippen LogP contribution in [-0.4, -0.2) is 64.1 Å².